The number of pyridine rings is 1. The van der Waals surface area contributed by atoms with Gasteiger partial charge in [-0.25, -0.2) is 31.7 Å². The fourth-order valence-electron chi connectivity index (χ4n) is 4.91. The van der Waals surface area contributed by atoms with Crippen molar-refractivity contribution in [2.24, 2.45) is 5.41 Å². The molecule has 1 aromatic carbocycles. The van der Waals surface area contributed by atoms with Gasteiger partial charge in [0.15, 0.2) is 11.5 Å². The van der Waals surface area contributed by atoms with Gasteiger partial charge in [-0.15, -0.1) is 0 Å². The second kappa shape index (κ2) is 11.1. The molecule has 12 heteroatoms. The van der Waals surface area contributed by atoms with E-state index in [1.807, 2.05) is 58.4 Å². The summed E-state index contributed by atoms with van der Waals surface area (Å²) in [5.74, 6) is -0.370. The lowest BCUT2D eigenvalue weighted by molar-refractivity contribution is -0.141. The Hall–Kier alpha value is -4.32. The minimum Gasteiger partial charge on any atom is -0.469 e. The van der Waals surface area contributed by atoms with Crippen LogP contribution in [0.5, 0.6) is 0 Å². The molecule has 0 aliphatic rings. The normalized spacial score (nSPS) is 13.1. The number of methoxy groups -OCH3 is 1. The highest BCUT2D eigenvalue weighted by Gasteiger charge is 2.30. The van der Waals surface area contributed by atoms with Crippen LogP contribution < -0.4 is 5.32 Å². The smallest absolute Gasteiger partial charge is 0.307 e. The fourth-order valence-corrected chi connectivity index (χ4v) is 6.23. The van der Waals surface area contributed by atoms with E-state index in [1.165, 1.54) is 31.5 Å². The van der Waals surface area contributed by atoms with Crippen molar-refractivity contribution in [2.45, 2.75) is 64.9 Å². The first-order valence-electron chi connectivity index (χ1n) is 13.9. The van der Waals surface area contributed by atoms with Gasteiger partial charge in [0, 0.05) is 35.4 Å². The number of ether oxygens (including phenoxy) is 1. The van der Waals surface area contributed by atoms with Gasteiger partial charge in [-0.2, -0.15) is 0 Å². The Bertz CT molecular complexity index is 1940. The van der Waals surface area contributed by atoms with Gasteiger partial charge in [-0.3, -0.25) is 4.79 Å². The number of carbonyl (C=O) groups is 1. The Labute approximate surface area is 250 Å². The van der Waals surface area contributed by atoms with E-state index in [2.05, 4.69) is 10.3 Å². The molecule has 0 fully saturated rings. The number of nitrogens with one attached hydrogen (secondary N) is 1. The largest absolute Gasteiger partial charge is 0.469 e. The Balaban J connectivity index is 1.76. The Kier molecular flexibility index (Phi) is 7.76. The summed E-state index contributed by atoms with van der Waals surface area (Å²) < 4.78 is 50.1. The van der Waals surface area contributed by atoms with Crippen LogP contribution in [0.1, 0.15) is 52.6 Å². The second-order valence-corrected chi connectivity index (χ2v) is 13.8. The van der Waals surface area contributed by atoms with Crippen molar-refractivity contribution in [3.8, 4) is 11.4 Å². The highest BCUT2D eigenvalue weighted by molar-refractivity contribution is 7.90. The molecule has 0 unspecified atom stereocenters. The molecule has 0 amide bonds. The Morgan fingerprint density at radius 2 is 1.77 bits per heavy atom. The van der Waals surface area contributed by atoms with Gasteiger partial charge in [0.1, 0.15) is 17.3 Å². The first-order chi connectivity index (χ1) is 20.2. The van der Waals surface area contributed by atoms with Gasteiger partial charge in [0.2, 0.25) is 0 Å². The van der Waals surface area contributed by atoms with Crippen molar-refractivity contribution in [3.05, 3.63) is 66.4 Å². The van der Waals surface area contributed by atoms with Crippen LogP contribution >= 0.6 is 0 Å². The summed E-state index contributed by atoms with van der Waals surface area (Å²) in [7, 11) is -2.75. The molecule has 1 atom stereocenters. The van der Waals surface area contributed by atoms with Gasteiger partial charge in [-0.05, 0) is 50.5 Å². The molecule has 0 aliphatic heterocycles. The number of halogens is 1. The molecule has 0 saturated heterocycles. The summed E-state index contributed by atoms with van der Waals surface area (Å²) in [6, 6.07) is 9.27. The maximum atomic E-state index is 14.6. The molecule has 1 N–H and O–H groups in total. The Morgan fingerprint density at radius 1 is 1.07 bits per heavy atom. The Morgan fingerprint density at radius 3 is 2.40 bits per heavy atom. The molecule has 4 heterocycles. The maximum absolute atomic E-state index is 14.6. The lowest BCUT2D eigenvalue weighted by Crippen LogP contribution is -2.36. The number of esters is 1. The third kappa shape index (κ3) is 5.71. The number of nitrogens with zero attached hydrogens (tertiary/aromatic N) is 5. The van der Waals surface area contributed by atoms with Crippen LogP contribution in [0.4, 0.5) is 10.2 Å². The predicted octanol–water partition coefficient (Wildman–Crippen LogP) is 6.10. The van der Waals surface area contributed by atoms with Gasteiger partial charge in [0.05, 0.1) is 30.0 Å². The zero-order valence-electron chi connectivity index (χ0n) is 25.2. The van der Waals surface area contributed by atoms with Crippen LogP contribution in [0.2, 0.25) is 0 Å². The average Bonchev–Trinajstić information content (AvgIpc) is 3.54. The van der Waals surface area contributed by atoms with Crippen LogP contribution in [0.15, 0.2) is 59.9 Å². The number of hydrogen-bond donors (Lipinski definition) is 1. The number of aromatic nitrogens is 5. The fraction of sp³-hybridized carbons (Fsp3) is 0.355. The number of fused-ring (bicyclic) bond motifs is 2. The lowest BCUT2D eigenvalue weighted by Gasteiger charge is -2.31. The van der Waals surface area contributed by atoms with Gasteiger partial charge >= 0.3 is 5.97 Å². The molecular formula is C31H35FN6O4S. The van der Waals surface area contributed by atoms with E-state index in [9.17, 15) is 17.6 Å². The van der Waals surface area contributed by atoms with E-state index in [0.29, 0.717) is 17.0 Å². The SMILES string of the molecule is COC(=O)C[C@@H](Nc1nc(-c2cn(S(=O)(=O)c3ccc(C)cc3)c3ncc(F)cc23)nc2c1ccn2C(C)C)C(C)(C)C. The number of benzene rings is 1. The van der Waals surface area contributed by atoms with Crippen molar-refractivity contribution < 1.29 is 22.3 Å². The van der Waals surface area contributed by atoms with E-state index < -0.39 is 15.8 Å². The van der Waals surface area contributed by atoms with E-state index in [1.54, 1.807) is 12.1 Å². The van der Waals surface area contributed by atoms with Crippen LogP contribution in [0.25, 0.3) is 33.5 Å². The number of aryl methyl sites for hydroxylation is 1. The molecule has 0 saturated carbocycles. The summed E-state index contributed by atoms with van der Waals surface area (Å²) in [6.07, 6.45) is 4.36. The highest BCUT2D eigenvalue weighted by atomic mass is 32.2. The molecule has 5 rings (SSSR count). The first-order valence-corrected chi connectivity index (χ1v) is 15.4. The highest BCUT2D eigenvalue weighted by Crippen LogP contribution is 2.35. The molecule has 0 aliphatic carbocycles. The van der Waals surface area contributed by atoms with Crippen molar-refractivity contribution in [2.75, 3.05) is 12.4 Å². The van der Waals surface area contributed by atoms with Gasteiger partial charge in [-0.1, -0.05) is 38.5 Å². The summed E-state index contributed by atoms with van der Waals surface area (Å²) in [5, 5.41) is 4.40. The average molecular weight is 607 g/mol. The molecule has 0 radical (unpaired) electrons. The van der Waals surface area contributed by atoms with E-state index in [4.69, 9.17) is 14.7 Å². The quantitative estimate of drug-likeness (QED) is 0.210. The molecule has 226 valence electrons. The number of anilines is 1. The third-order valence-electron chi connectivity index (χ3n) is 7.48. The lowest BCUT2D eigenvalue weighted by atomic mass is 9.84. The van der Waals surface area contributed by atoms with Crippen molar-refractivity contribution in [1.82, 2.24) is 23.5 Å². The van der Waals surface area contributed by atoms with Crippen molar-refractivity contribution in [3.63, 3.8) is 0 Å². The molecule has 10 nitrogen and oxygen atoms in total. The van der Waals surface area contributed by atoms with Crippen LogP contribution in [-0.4, -0.2) is 51.0 Å². The molecular weight excluding hydrogens is 571 g/mol. The molecule has 4 aromatic heterocycles. The van der Waals surface area contributed by atoms with Crippen molar-refractivity contribution >= 4 is 43.9 Å². The minimum atomic E-state index is -4.10. The number of carbonyl (C=O) groups excluding carboxylic acids is 1. The van der Waals surface area contributed by atoms with Crippen LogP contribution in [0.3, 0.4) is 0 Å². The summed E-state index contributed by atoms with van der Waals surface area (Å²) >= 11 is 0. The van der Waals surface area contributed by atoms with E-state index in [0.717, 1.165) is 21.1 Å². The molecule has 5 aromatic rings. The monoisotopic (exact) mass is 606 g/mol. The first kappa shape index (κ1) is 30.1. The van der Waals surface area contributed by atoms with Crippen molar-refractivity contribution in [1.29, 1.82) is 0 Å². The zero-order chi connectivity index (χ0) is 31.3. The number of rotatable bonds is 8. The third-order valence-corrected chi connectivity index (χ3v) is 9.14. The summed E-state index contributed by atoms with van der Waals surface area (Å²) in [4.78, 5) is 26.2. The molecule has 0 bridgehead atoms. The zero-order valence-corrected chi connectivity index (χ0v) is 26.0. The van der Waals surface area contributed by atoms with Gasteiger partial charge < -0.3 is 14.6 Å². The maximum Gasteiger partial charge on any atom is 0.307 e. The summed E-state index contributed by atoms with van der Waals surface area (Å²) in [5.41, 5.74) is 1.48. The van der Waals surface area contributed by atoms with Gasteiger partial charge in [0.25, 0.3) is 10.0 Å². The molecule has 43 heavy (non-hydrogen) atoms. The number of hydrogen-bond acceptors (Lipinski definition) is 8. The molecule has 0 spiro atoms. The van der Waals surface area contributed by atoms with Crippen LogP contribution in [0, 0.1) is 18.2 Å². The summed E-state index contributed by atoms with van der Waals surface area (Å²) in [6.45, 7) is 11.9. The van der Waals surface area contributed by atoms with E-state index >= 15 is 0 Å². The van der Waals surface area contributed by atoms with Crippen LogP contribution in [-0.2, 0) is 19.6 Å². The predicted molar refractivity (Wildman–Crippen MR) is 164 cm³/mol. The second-order valence-electron chi connectivity index (χ2n) is 12.0. The standard InChI is InChI=1S/C31H35FN6O4S/c1-18(2)37-13-12-22-27(34-25(31(4,5)6)15-26(39)42-7)35-28(36-30(22)37)24-17-38(29-23(24)14-20(32)16-33-29)43(40,41)21-10-8-19(3)9-11-21/h8-14,16-18,25H,15H2,1-7H3,(H,34,35,36)/t25-/m1/s1. The topological polar surface area (TPSA) is 121 Å². The van der Waals surface area contributed by atoms with E-state index in [-0.39, 0.29) is 51.6 Å². The minimum absolute atomic E-state index is 0.0453.